The summed E-state index contributed by atoms with van der Waals surface area (Å²) in [6, 6.07) is 2.97. The Hall–Kier alpha value is -2.38. The molecule has 0 saturated carbocycles. The molecule has 8 heteroatoms. The number of carbonyl (C=O) groups excluding carboxylic acids is 1. The van der Waals surface area contributed by atoms with E-state index in [2.05, 4.69) is 10.1 Å². The van der Waals surface area contributed by atoms with Crippen molar-refractivity contribution in [3.8, 4) is 5.82 Å². The minimum Gasteiger partial charge on any atom is -0.365 e. The summed E-state index contributed by atoms with van der Waals surface area (Å²) in [6.45, 7) is 1.75. The molecule has 100 valence electrons. The maximum atomic E-state index is 13.0. The van der Waals surface area contributed by atoms with Crippen molar-refractivity contribution in [2.75, 3.05) is 0 Å². The molecule has 0 bridgehead atoms. The van der Waals surface area contributed by atoms with Crippen LogP contribution < -0.4 is 5.73 Å². The maximum absolute atomic E-state index is 13.0. The van der Waals surface area contributed by atoms with Crippen LogP contribution in [0, 0.1) is 6.92 Å². The van der Waals surface area contributed by atoms with Crippen LogP contribution in [0.5, 0.6) is 0 Å². The van der Waals surface area contributed by atoms with Gasteiger partial charge >= 0.3 is 6.18 Å². The van der Waals surface area contributed by atoms with Gasteiger partial charge in [-0.2, -0.15) is 18.3 Å². The zero-order valence-electron chi connectivity index (χ0n) is 9.77. The Balaban J connectivity index is 2.64. The van der Waals surface area contributed by atoms with Crippen LogP contribution in [0.15, 0.2) is 24.5 Å². The van der Waals surface area contributed by atoms with Crippen molar-refractivity contribution in [1.29, 1.82) is 0 Å². The highest BCUT2D eigenvalue weighted by Crippen LogP contribution is 2.33. The molecule has 0 atom stereocenters. The van der Waals surface area contributed by atoms with Crippen molar-refractivity contribution in [3.05, 3.63) is 41.3 Å². The average Bonchev–Trinajstić information content (AvgIpc) is 2.74. The lowest BCUT2D eigenvalue weighted by Gasteiger charge is -2.11. The topological polar surface area (TPSA) is 73.8 Å². The van der Waals surface area contributed by atoms with Gasteiger partial charge in [-0.25, -0.2) is 9.67 Å². The van der Waals surface area contributed by atoms with E-state index in [9.17, 15) is 18.0 Å². The molecular formula is C11H9F3N4O. The highest BCUT2D eigenvalue weighted by Gasteiger charge is 2.40. The number of rotatable bonds is 2. The number of primary amides is 1. The van der Waals surface area contributed by atoms with Crippen LogP contribution >= 0.6 is 0 Å². The maximum Gasteiger partial charge on any atom is 0.434 e. The van der Waals surface area contributed by atoms with E-state index >= 15 is 0 Å². The number of alkyl halides is 3. The van der Waals surface area contributed by atoms with Gasteiger partial charge in [-0.3, -0.25) is 4.79 Å². The molecule has 0 aliphatic heterocycles. The Kier molecular flexibility index (Phi) is 3.01. The Labute approximate surface area is 105 Å². The molecule has 0 fully saturated rings. The molecule has 19 heavy (non-hydrogen) atoms. The first-order valence-corrected chi connectivity index (χ1v) is 5.18. The van der Waals surface area contributed by atoms with Crippen LogP contribution in [0.25, 0.3) is 5.82 Å². The molecule has 0 unspecified atom stereocenters. The van der Waals surface area contributed by atoms with Crippen molar-refractivity contribution in [3.63, 3.8) is 0 Å². The number of nitrogens with two attached hydrogens (primary N) is 1. The van der Waals surface area contributed by atoms with Gasteiger partial charge in [0.15, 0.2) is 11.5 Å². The van der Waals surface area contributed by atoms with Crippen molar-refractivity contribution in [1.82, 2.24) is 14.8 Å². The molecule has 0 radical (unpaired) electrons. The zero-order chi connectivity index (χ0) is 14.2. The monoisotopic (exact) mass is 270 g/mol. The molecule has 0 aliphatic rings. The molecule has 0 spiro atoms. The number of amides is 1. The summed E-state index contributed by atoms with van der Waals surface area (Å²) in [7, 11) is 0. The summed E-state index contributed by atoms with van der Waals surface area (Å²) in [6.07, 6.45) is -2.57. The lowest BCUT2D eigenvalue weighted by atomic mass is 10.2. The van der Waals surface area contributed by atoms with Crippen LogP contribution in [0.3, 0.4) is 0 Å². The predicted octanol–water partition coefficient (Wildman–Crippen LogP) is 1.69. The Morgan fingerprint density at radius 3 is 2.47 bits per heavy atom. The quantitative estimate of drug-likeness (QED) is 0.902. The number of nitrogens with zero attached hydrogens (tertiary/aromatic N) is 3. The lowest BCUT2D eigenvalue weighted by molar-refractivity contribution is -0.143. The molecule has 0 aliphatic carbocycles. The van der Waals surface area contributed by atoms with Gasteiger partial charge in [-0.1, -0.05) is 6.07 Å². The second kappa shape index (κ2) is 4.38. The number of halogens is 3. The van der Waals surface area contributed by atoms with Crippen molar-refractivity contribution < 1.29 is 18.0 Å². The summed E-state index contributed by atoms with van der Waals surface area (Å²) in [5, 5.41) is 3.54. The zero-order valence-corrected chi connectivity index (χ0v) is 9.77. The third-order valence-electron chi connectivity index (χ3n) is 2.42. The van der Waals surface area contributed by atoms with E-state index in [1.807, 2.05) is 0 Å². The molecule has 2 rings (SSSR count). The largest absolute Gasteiger partial charge is 0.434 e. The van der Waals surface area contributed by atoms with Crippen LogP contribution in [0.4, 0.5) is 13.2 Å². The normalized spacial score (nSPS) is 11.6. The summed E-state index contributed by atoms with van der Waals surface area (Å²) in [5.41, 5.74) is 3.79. The lowest BCUT2D eigenvalue weighted by Crippen LogP contribution is -2.21. The molecule has 2 N–H and O–H groups in total. The molecule has 5 nitrogen and oxygen atoms in total. The minimum absolute atomic E-state index is 0.0366. The van der Waals surface area contributed by atoms with Crippen LogP contribution in [-0.2, 0) is 6.18 Å². The highest BCUT2D eigenvalue weighted by molar-refractivity contribution is 5.94. The van der Waals surface area contributed by atoms with Gasteiger partial charge in [0.05, 0.1) is 11.8 Å². The van der Waals surface area contributed by atoms with Gasteiger partial charge in [0.1, 0.15) is 0 Å². The summed E-state index contributed by atoms with van der Waals surface area (Å²) < 4.78 is 39.5. The number of hydrogen-bond donors (Lipinski definition) is 1. The molecule has 1 amide bonds. The van der Waals surface area contributed by atoms with Gasteiger partial charge in [0, 0.05) is 6.20 Å². The second-order valence-corrected chi connectivity index (χ2v) is 3.87. The Bertz CT molecular complexity index is 616. The number of aryl methyl sites for hydroxylation is 1. The molecule has 0 saturated heterocycles. The molecule has 0 aromatic carbocycles. The number of aromatic nitrogens is 3. The van der Waals surface area contributed by atoms with E-state index in [0.717, 1.165) is 11.8 Å². The smallest absolute Gasteiger partial charge is 0.365 e. The Morgan fingerprint density at radius 2 is 2.00 bits per heavy atom. The molecule has 2 aromatic rings. The van der Waals surface area contributed by atoms with Gasteiger partial charge in [0.25, 0.3) is 5.91 Å². The van der Waals surface area contributed by atoms with E-state index in [1.165, 1.54) is 12.3 Å². The van der Waals surface area contributed by atoms with Crippen molar-refractivity contribution in [2.45, 2.75) is 13.1 Å². The van der Waals surface area contributed by atoms with Crippen LogP contribution in [0.2, 0.25) is 0 Å². The fourth-order valence-electron chi connectivity index (χ4n) is 1.56. The van der Waals surface area contributed by atoms with Gasteiger partial charge in [-0.15, -0.1) is 0 Å². The summed E-state index contributed by atoms with van der Waals surface area (Å²) in [4.78, 5) is 14.9. The third-order valence-corrected chi connectivity index (χ3v) is 2.42. The number of hydrogen-bond acceptors (Lipinski definition) is 3. The molecule has 2 aromatic heterocycles. The molecular weight excluding hydrogens is 261 g/mol. The third kappa shape index (κ3) is 2.42. The van der Waals surface area contributed by atoms with Crippen molar-refractivity contribution in [2.24, 2.45) is 5.73 Å². The summed E-state index contributed by atoms with van der Waals surface area (Å²) in [5.74, 6) is -1.23. The first-order valence-electron chi connectivity index (χ1n) is 5.18. The van der Waals surface area contributed by atoms with Crippen LogP contribution in [0.1, 0.15) is 21.6 Å². The SMILES string of the molecule is Cc1ccc(-n2ncc(C(N)=O)c2C(F)(F)F)nc1. The van der Waals surface area contributed by atoms with Crippen LogP contribution in [-0.4, -0.2) is 20.7 Å². The Morgan fingerprint density at radius 1 is 1.32 bits per heavy atom. The van der Waals surface area contributed by atoms with E-state index < -0.39 is 23.3 Å². The van der Waals surface area contributed by atoms with E-state index in [4.69, 9.17) is 5.73 Å². The predicted molar refractivity (Wildman–Crippen MR) is 59.6 cm³/mol. The van der Waals surface area contributed by atoms with E-state index in [1.54, 1.807) is 13.0 Å². The van der Waals surface area contributed by atoms with Gasteiger partial charge in [0.2, 0.25) is 0 Å². The highest BCUT2D eigenvalue weighted by atomic mass is 19.4. The molecule has 2 heterocycles. The second-order valence-electron chi connectivity index (χ2n) is 3.87. The average molecular weight is 270 g/mol. The fraction of sp³-hybridized carbons (Fsp3) is 0.182. The van der Waals surface area contributed by atoms with E-state index in [0.29, 0.717) is 4.68 Å². The van der Waals surface area contributed by atoms with Gasteiger partial charge in [-0.05, 0) is 18.6 Å². The first-order chi connectivity index (χ1) is 8.80. The van der Waals surface area contributed by atoms with E-state index in [-0.39, 0.29) is 5.82 Å². The standard InChI is InChI=1S/C11H9F3N4O/c1-6-2-3-8(16-4-6)18-9(11(12,13)14)7(5-17-18)10(15)19/h2-5H,1H3,(H2,15,19). The first kappa shape index (κ1) is 13.1. The number of pyridine rings is 1. The number of carbonyl (C=O) groups is 1. The minimum atomic E-state index is -4.76. The van der Waals surface area contributed by atoms with Crippen molar-refractivity contribution >= 4 is 5.91 Å². The fourth-order valence-corrected chi connectivity index (χ4v) is 1.56. The summed E-state index contributed by atoms with van der Waals surface area (Å²) >= 11 is 0. The van der Waals surface area contributed by atoms with Gasteiger partial charge < -0.3 is 5.73 Å².